The minimum atomic E-state index is -0.429. The number of rotatable bonds is 3. The Morgan fingerprint density at radius 1 is 1.32 bits per heavy atom. The molecular weight excluding hydrogens is 268 g/mol. The molecule has 0 bridgehead atoms. The van der Waals surface area contributed by atoms with Gasteiger partial charge in [0.05, 0.1) is 18.3 Å². The molecule has 1 heterocycles. The minimum Gasteiger partial charge on any atom is -0.495 e. The molecule has 19 heavy (non-hydrogen) atoms. The maximum atomic E-state index is 11.7. The minimum absolute atomic E-state index is 0.361. The van der Waals surface area contributed by atoms with E-state index in [1.807, 2.05) is 0 Å². The van der Waals surface area contributed by atoms with Gasteiger partial charge < -0.3 is 10.1 Å². The number of methoxy groups -OCH3 is 1. The first kappa shape index (κ1) is 13.1. The number of ether oxygens (including phenoxy) is 1. The summed E-state index contributed by atoms with van der Waals surface area (Å²) in [4.78, 5) is 19.4. The third-order valence-electron chi connectivity index (χ3n) is 2.21. The van der Waals surface area contributed by atoms with E-state index in [9.17, 15) is 4.79 Å². The maximum Gasteiger partial charge on any atom is 0.324 e. The van der Waals surface area contributed by atoms with Crippen molar-refractivity contribution in [3.05, 3.63) is 41.8 Å². The number of nitrogens with zero attached hydrogens (tertiary/aromatic N) is 2. The number of urea groups is 1. The number of carbonyl (C=O) groups excluding carboxylic acids is 1. The molecule has 6 nitrogen and oxygen atoms in total. The number of amides is 2. The molecule has 0 spiro atoms. The molecule has 0 aliphatic heterocycles. The van der Waals surface area contributed by atoms with Crippen LogP contribution in [-0.2, 0) is 0 Å². The highest BCUT2D eigenvalue weighted by Crippen LogP contribution is 2.27. The lowest BCUT2D eigenvalue weighted by Gasteiger charge is -2.08. The standard InChI is InChI=1S/C12H11ClN4O2/c1-19-10-3-2-8(6-9(10)13)16-12(18)17-11-7-14-4-5-15-11/h2-7H,1H3,(H2,15,16,17,18). The maximum absolute atomic E-state index is 11.7. The van der Waals surface area contributed by atoms with Crippen LogP contribution in [0.4, 0.5) is 16.3 Å². The summed E-state index contributed by atoms with van der Waals surface area (Å²) in [5, 5.41) is 5.58. The highest BCUT2D eigenvalue weighted by atomic mass is 35.5. The largest absolute Gasteiger partial charge is 0.495 e. The van der Waals surface area contributed by atoms with Crippen LogP contribution in [0.25, 0.3) is 0 Å². The van der Waals surface area contributed by atoms with Crippen molar-refractivity contribution in [1.82, 2.24) is 9.97 Å². The van der Waals surface area contributed by atoms with Crippen LogP contribution in [0, 0.1) is 0 Å². The van der Waals surface area contributed by atoms with Gasteiger partial charge >= 0.3 is 6.03 Å². The lowest BCUT2D eigenvalue weighted by atomic mass is 10.3. The fourth-order valence-electron chi connectivity index (χ4n) is 1.39. The van der Waals surface area contributed by atoms with Crippen LogP contribution < -0.4 is 15.4 Å². The van der Waals surface area contributed by atoms with Crippen molar-refractivity contribution < 1.29 is 9.53 Å². The second-order valence-corrected chi connectivity index (χ2v) is 3.93. The molecule has 7 heteroatoms. The monoisotopic (exact) mass is 278 g/mol. The zero-order valence-corrected chi connectivity index (χ0v) is 10.8. The summed E-state index contributed by atoms with van der Waals surface area (Å²) >= 11 is 5.95. The number of nitrogens with one attached hydrogen (secondary N) is 2. The number of hydrogen-bond donors (Lipinski definition) is 2. The van der Waals surface area contributed by atoms with Crippen molar-refractivity contribution in [3.8, 4) is 5.75 Å². The number of halogens is 1. The predicted molar refractivity (Wildman–Crippen MR) is 72.7 cm³/mol. The Labute approximate surface area is 114 Å². The van der Waals surface area contributed by atoms with Gasteiger partial charge in [-0.2, -0.15) is 0 Å². The van der Waals surface area contributed by atoms with Crippen molar-refractivity contribution in [2.45, 2.75) is 0 Å². The van der Waals surface area contributed by atoms with Gasteiger partial charge in [0.25, 0.3) is 0 Å². The third kappa shape index (κ3) is 3.56. The summed E-state index contributed by atoms with van der Waals surface area (Å²) in [6, 6.07) is 4.51. The molecule has 2 aromatic rings. The van der Waals surface area contributed by atoms with Crippen LogP contribution in [0.2, 0.25) is 5.02 Å². The van der Waals surface area contributed by atoms with Crippen LogP contribution in [0.1, 0.15) is 0 Å². The molecule has 1 aromatic heterocycles. The van der Waals surface area contributed by atoms with E-state index < -0.39 is 6.03 Å². The van der Waals surface area contributed by atoms with Crippen LogP contribution in [0.5, 0.6) is 5.75 Å². The smallest absolute Gasteiger partial charge is 0.324 e. The second-order valence-electron chi connectivity index (χ2n) is 3.52. The molecule has 1 aromatic carbocycles. The van der Waals surface area contributed by atoms with E-state index in [1.165, 1.54) is 25.7 Å². The Hall–Kier alpha value is -2.34. The Morgan fingerprint density at radius 3 is 2.79 bits per heavy atom. The van der Waals surface area contributed by atoms with Crippen molar-refractivity contribution in [2.24, 2.45) is 0 Å². The molecule has 0 saturated carbocycles. The fraction of sp³-hybridized carbons (Fsp3) is 0.0833. The first-order chi connectivity index (χ1) is 9.19. The highest BCUT2D eigenvalue weighted by molar-refractivity contribution is 6.32. The topological polar surface area (TPSA) is 76.1 Å². The summed E-state index contributed by atoms with van der Waals surface area (Å²) < 4.78 is 5.02. The first-order valence-electron chi connectivity index (χ1n) is 5.36. The molecule has 98 valence electrons. The molecule has 0 fully saturated rings. The van der Waals surface area contributed by atoms with E-state index in [0.717, 1.165) is 0 Å². The van der Waals surface area contributed by atoms with E-state index in [-0.39, 0.29) is 0 Å². The molecule has 0 radical (unpaired) electrons. The second kappa shape index (κ2) is 6.01. The molecule has 2 rings (SSSR count). The van der Waals surface area contributed by atoms with Crippen LogP contribution in [-0.4, -0.2) is 23.1 Å². The molecule has 0 saturated heterocycles. The van der Waals surface area contributed by atoms with Crippen LogP contribution in [0.3, 0.4) is 0 Å². The molecular formula is C12H11ClN4O2. The lowest BCUT2D eigenvalue weighted by Crippen LogP contribution is -2.20. The summed E-state index contributed by atoms with van der Waals surface area (Å²) in [5.74, 6) is 0.904. The average molecular weight is 279 g/mol. The van der Waals surface area contributed by atoms with E-state index >= 15 is 0 Å². The van der Waals surface area contributed by atoms with E-state index in [4.69, 9.17) is 16.3 Å². The molecule has 2 N–H and O–H groups in total. The van der Waals surface area contributed by atoms with Crippen LogP contribution >= 0.6 is 11.6 Å². The number of anilines is 2. The molecule has 0 unspecified atom stereocenters. The van der Waals surface area contributed by atoms with E-state index in [1.54, 1.807) is 18.2 Å². The van der Waals surface area contributed by atoms with Gasteiger partial charge in [0.2, 0.25) is 0 Å². The summed E-state index contributed by atoms with van der Waals surface area (Å²) in [5.41, 5.74) is 0.548. The molecule has 0 aliphatic rings. The van der Waals surface area contributed by atoms with Gasteiger partial charge in [-0.15, -0.1) is 0 Å². The number of carbonyl (C=O) groups is 1. The highest BCUT2D eigenvalue weighted by Gasteiger charge is 2.06. The summed E-state index contributed by atoms with van der Waals surface area (Å²) in [6.45, 7) is 0. The normalized spacial score (nSPS) is 9.79. The molecule has 0 atom stereocenters. The number of benzene rings is 1. The Morgan fingerprint density at radius 2 is 2.16 bits per heavy atom. The van der Waals surface area contributed by atoms with Gasteiger partial charge in [-0.1, -0.05) is 11.6 Å². The van der Waals surface area contributed by atoms with E-state index in [2.05, 4.69) is 20.6 Å². The SMILES string of the molecule is COc1ccc(NC(=O)Nc2cnccn2)cc1Cl. The van der Waals surface area contributed by atoms with Gasteiger partial charge in [0, 0.05) is 18.1 Å². The van der Waals surface area contributed by atoms with Gasteiger partial charge in [-0.3, -0.25) is 10.3 Å². The summed E-state index contributed by atoms with van der Waals surface area (Å²) in [6.07, 6.45) is 4.45. The fourth-order valence-corrected chi connectivity index (χ4v) is 1.64. The first-order valence-corrected chi connectivity index (χ1v) is 5.74. The van der Waals surface area contributed by atoms with Gasteiger partial charge in [-0.25, -0.2) is 9.78 Å². The third-order valence-corrected chi connectivity index (χ3v) is 2.51. The van der Waals surface area contributed by atoms with Crippen molar-refractivity contribution in [2.75, 3.05) is 17.7 Å². The number of hydrogen-bond acceptors (Lipinski definition) is 4. The van der Waals surface area contributed by atoms with Gasteiger partial charge in [-0.05, 0) is 18.2 Å². The molecule has 0 aliphatic carbocycles. The quantitative estimate of drug-likeness (QED) is 0.905. The van der Waals surface area contributed by atoms with Gasteiger partial charge in [0.15, 0.2) is 5.82 Å². The number of aromatic nitrogens is 2. The Bertz CT molecular complexity index is 577. The van der Waals surface area contributed by atoms with Crippen molar-refractivity contribution >= 4 is 29.1 Å². The average Bonchev–Trinajstić information content (AvgIpc) is 2.40. The summed E-state index contributed by atoms with van der Waals surface area (Å²) in [7, 11) is 1.52. The Kier molecular flexibility index (Phi) is 4.15. The molecule has 2 amide bonds. The zero-order valence-electron chi connectivity index (χ0n) is 10.1. The predicted octanol–water partition coefficient (Wildman–Crippen LogP) is 2.78. The van der Waals surface area contributed by atoms with E-state index in [0.29, 0.717) is 22.3 Å². The van der Waals surface area contributed by atoms with Crippen molar-refractivity contribution in [3.63, 3.8) is 0 Å². The van der Waals surface area contributed by atoms with Crippen molar-refractivity contribution in [1.29, 1.82) is 0 Å². The van der Waals surface area contributed by atoms with Crippen LogP contribution in [0.15, 0.2) is 36.8 Å². The van der Waals surface area contributed by atoms with Gasteiger partial charge in [0.1, 0.15) is 5.75 Å². The lowest BCUT2D eigenvalue weighted by molar-refractivity contribution is 0.262. The Balaban J connectivity index is 2.01. The zero-order chi connectivity index (χ0) is 13.7.